The number of pyridine rings is 1. The zero-order valence-electron chi connectivity index (χ0n) is 15.4. The SMILES string of the molecule is Cc1cnc(-c2ccccc2)c2c1c(C)c(C)n2C1CCCCC1.Cl. The summed E-state index contributed by atoms with van der Waals surface area (Å²) in [6, 6.07) is 11.3. The van der Waals surface area contributed by atoms with Gasteiger partial charge >= 0.3 is 0 Å². The number of benzene rings is 1. The fraction of sp³-hybridized carbons (Fsp3) is 0.409. The fourth-order valence-electron chi connectivity index (χ4n) is 4.43. The molecule has 2 nitrogen and oxygen atoms in total. The van der Waals surface area contributed by atoms with E-state index in [2.05, 4.69) is 55.7 Å². The van der Waals surface area contributed by atoms with Gasteiger partial charge < -0.3 is 4.57 Å². The van der Waals surface area contributed by atoms with Crippen molar-refractivity contribution in [1.82, 2.24) is 9.55 Å². The lowest BCUT2D eigenvalue weighted by Crippen LogP contribution is -2.14. The maximum atomic E-state index is 4.87. The third kappa shape index (κ3) is 2.97. The molecule has 3 aromatic rings. The topological polar surface area (TPSA) is 17.8 Å². The van der Waals surface area contributed by atoms with Crippen LogP contribution in [0, 0.1) is 20.8 Å². The van der Waals surface area contributed by atoms with Crippen molar-refractivity contribution >= 4 is 23.3 Å². The van der Waals surface area contributed by atoms with E-state index in [0.717, 1.165) is 5.69 Å². The van der Waals surface area contributed by atoms with Crippen molar-refractivity contribution in [2.75, 3.05) is 0 Å². The quantitative estimate of drug-likeness (QED) is 0.509. The first-order chi connectivity index (χ1) is 11.7. The third-order valence-electron chi connectivity index (χ3n) is 5.75. The second kappa shape index (κ2) is 7.21. The van der Waals surface area contributed by atoms with Gasteiger partial charge in [0.05, 0.1) is 11.2 Å². The Bertz CT molecular complexity index is 874. The van der Waals surface area contributed by atoms with E-state index < -0.39 is 0 Å². The molecule has 2 heterocycles. The summed E-state index contributed by atoms with van der Waals surface area (Å²) in [7, 11) is 0. The molecule has 0 saturated heterocycles. The van der Waals surface area contributed by atoms with E-state index in [4.69, 9.17) is 4.98 Å². The van der Waals surface area contributed by atoms with Crippen LogP contribution in [0.5, 0.6) is 0 Å². The summed E-state index contributed by atoms with van der Waals surface area (Å²) in [6.07, 6.45) is 8.73. The molecule has 1 aliphatic rings. The third-order valence-corrected chi connectivity index (χ3v) is 5.75. The van der Waals surface area contributed by atoms with Gasteiger partial charge in [-0.2, -0.15) is 0 Å². The van der Waals surface area contributed by atoms with Crippen molar-refractivity contribution in [2.45, 2.75) is 58.9 Å². The van der Waals surface area contributed by atoms with E-state index in [1.54, 1.807) is 0 Å². The standard InChI is InChI=1S/C22H26N2.ClH/c1-15-14-23-21(18-10-6-4-7-11-18)22-20(15)16(2)17(3)24(22)19-12-8-5-9-13-19;/h4,6-7,10-11,14,19H,5,8-9,12-13H2,1-3H3;1H. The maximum Gasteiger partial charge on any atom is 0.0945 e. The minimum atomic E-state index is 0. The van der Waals surface area contributed by atoms with Crippen LogP contribution in [0.1, 0.15) is 55.0 Å². The Kier molecular flexibility index (Phi) is 5.19. The molecule has 0 N–H and O–H groups in total. The van der Waals surface area contributed by atoms with Crippen LogP contribution in [-0.2, 0) is 0 Å². The van der Waals surface area contributed by atoms with Crippen LogP contribution in [0.4, 0.5) is 0 Å². The smallest absolute Gasteiger partial charge is 0.0945 e. The van der Waals surface area contributed by atoms with Crippen molar-refractivity contribution in [3.8, 4) is 11.3 Å². The number of halogens is 1. The van der Waals surface area contributed by atoms with Gasteiger partial charge in [-0.1, -0.05) is 49.6 Å². The zero-order chi connectivity index (χ0) is 16.7. The van der Waals surface area contributed by atoms with Crippen molar-refractivity contribution in [3.05, 3.63) is 53.3 Å². The molecule has 1 fully saturated rings. The molecule has 4 rings (SSSR count). The predicted molar refractivity (Wildman–Crippen MR) is 109 cm³/mol. The molecule has 25 heavy (non-hydrogen) atoms. The lowest BCUT2D eigenvalue weighted by atomic mass is 9.95. The number of nitrogens with zero attached hydrogens (tertiary/aromatic N) is 2. The first-order valence-electron chi connectivity index (χ1n) is 9.20. The van der Waals surface area contributed by atoms with Gasteiger partial charge in [-0.05, 0) is 44.7 Å². The van der Waals surface area contributed by atoms with Crippen LogP contribution in [0.2, 0.25) is 0 Å². The Labute approximate surface area is 156 Å². The largest absolute Gasteiger partial charge is 0.340 e. The zero-order valence-corrected chi connectivity index (χ0v) is 16.2. The minimum Gasteiger partial charge on any atom is -0.340 e. The molecule has 1 saturated carbocycles. The number of hydrogen-bond acceptors (Lipinski definition) is 1. The summed E-state index contributed by atoms with van der Waals surface area (Å²) < 4.78 is 2.62. The van der Waals surface area contributed by atoms with Crippen molar-refractivity contribution in [3.63, 3.8) is 0 Å². The monoisotopic (exact) mass is 354 g/mol. The van der Waals surface area contributed by atoms with Gasteiger partial charge in [0, 0.05) is 28.9 Å². The average Bonchev–Trinajstić information content (AvgIpc) is 2.89. The molecule has 1 aromatic carbocycles. The van der Waals surface area contributed by atoms with Crippen LogP contribution >= 0.6 is 12.4 Å². The highest BCUT2D eigenvalue weighted by molar-refractivity contribution is 5.97. The lowest BCUT2D eigenvalue weighted by molar-refractivity contribution is 0.356. The number of rotatable bonds is 2. The highest BCUT2D eigenvalue weighted by Crippen LogP contribution is 2.40. The summed E-state index contributed by atoms with van der Waals surface area (Å²) in [5.74, 6) is 0. The van der Waals surface area contributed by atoms with Gasteiger partial charge in [-0.25, -0.2) is 0 Å². The second-order valence-corrected chi connectivity index (χ2v) is 7.25. The van der Waals surface area contributed by atoms with Gasteiger partial charge in [-0.3, -0.25) is 4.98 Å². The molecule has 0 spiro atoms. The van der Waals surface area contributed by atoms with E-state index in [1.807, 2.05) is 6.20 Å². The van der Waals surface area contributed by atoms with Crippen LogP contribution in [0.25, 0.3) is 22.2 Å². The Morgan fingerprint density at radius 2 is 1.64 bits per heavy atom. The first-order valence-corrected chi connectivity index (χ1v) is 9.20. The Balaban J connectivity index is 0.00000182. The summed E-state index contributed by atoms with van der Waals surface area (Å²) in [5, 5.41) is 1.41. The van der Waals surface area contributed by atoms with Crippen molar-refractivity contribution in [2.24, 2.45) is 0 Å². The number of aromatic nitrogens is 2. The van der Waals surface area contributed by atoms with Crippen LogP contribution < -0.4 is 0 Å². The maximum absolute atomic E-state index is 4.87. The molecule has 0 amide bonds. The molecule has 132 valence electrons. The van der Waals surface area contributed by atoms with Crippen LogP contribution in [0.3, 0.4) is 0 Å². The number of aryl methyl sites for hydroxylation is 2. The van der Waals surface area contributed by atoms with Crippen molar-refractivity contribution < 1.29 is 0 Å². The summed E-state index contributed by atoms with van der Waals surface area (Å²) in [6.45, 7) is 6.76. The van der Waals surface area contributed by atoms with E-state index in [-0.39, 0.29) is 12.4 Å². The van der Waals surface area contributed by atoms with Gasteiger partial charge in [0.25, 0.3) is 0 Å². The average molecular weight is 355 g/mol. The normalized spacial score (nSPS) is 15.3. The summed E-state index contributed by atoms with van der Waals surface area (Å²) >= 11 is 0. The minimum absolute atomic E-state index is 0. The molecule has 0 bridgehead atoms. The van der Waals surface area contributed by atoms with Gasteiger partial charge in [0.1, 0.15) is 0 Å². The van der Waals surface area contributed by atoms with E-state index >= 15 is 0 Å². The molecule has 0 radical (unpaired) electrons. The molecule has 3 heteroatoms. The summed E-state index contributed by atoms with van der Waals surface area (Å²) in [5.41, 5.74) is 7.84. The van der Waals surface area contributed by atoms with Crippen LogP contribution in [-0.4, -0.2) is 9.55 Å². The molecule has 0 atom stereocenters. The Hall–Kier alpha value is -1.80. The van der Waals surface area contributed by atoms with E-state index in [0.29, 0.717) is 6.04 Å². The molecular weight excluding hydrogens is 328 g/mol. The highest BCUT2D eigenvalue weighted by atomic mass is 35.5. The first kappa shape index (κ1) is 18.0. The Morgan fingerprint density at radius 1 is 0.960 bits per heavy atom. The number of hydrogen-bond donors (Lipinski definition) is 0. The molecule has 0 unspecified atom stereocenters. The molecular formula is C22H27ClN2. The van der Waals surface area contributed by atoms with Crippen molar-refractivity contribution in [1.29, 1.82) is 0 Å². The molecule has 2 aromatic heterocycles. The van der Waals surface area contributed by atoms with Gasteiger partial charge in [0.15, 0.2) is 0 Å². The van der Waals surface area contributed by atoms with Crippen LogP contribution in [0.15, 0.2) is 36.5 Å². The fourth-order valence-corrected chi connectivity index (χ4v) is 4.43. The predicted octanol–water partition coefficient (Wildman–Crippen LogP) is 6.56. The molecule has 1 aliphatic carbocycles. The summed E-state index contributed by atoms with van der Waals surface area (Å²) in [4.78, 5) is 4.87. The van der Waals surface area contributed by atoms with E-state index in [9.17, 15) is 0 Å². The number of fused-ring (bicyclic) bond motifs is 1. The lowest BCUT2D eigenvalue weighted by Gasteiger charge is -2.26. The van der Waals surface area contributed by atoms with E-state index in [1.165, 1.54) is 65.4 Å². The molecule has 0 aliphatic heterocycles. The second-order valence-electron chi connectivity index (χ2n) is 7.25. The Morgan fingerprint density at radius 3 is 2.32 bits per heavy atom. The highest BCUT2D eigenvalue weighted by Gasteiger charge is 2.24. The van der Waals surface area contributed by atoms with Gasteiger partial charge in [0.2, 0.25) is 0 Å². The van der Waals surface area contributed by atoms with Gasteiger partial charge in [-0.15, -0.1) is 12.4 Å².